The topological polar surface area (TPSA) is 329 Å². The zero-order valence-electron chi connectivity index (χ0n) is 83.0. The number of carbonyl (C=O) groups excluding carboxylic acids is 10. The Labute approximate surface area is 876 Å². The van der Waals surface area contributed by atoms with Crippen LogP contribution < -0.4 is 60.6 Å². The first kappa shape index (κ1) is 102. The summed E-state index contributed by atoms with van der Waals surface area (Å²) in [5.41, 5.74) is 27.3. The van der Waals surface area contributed by atoms with E-state index in [1.165, 1.54) is 35.6 Å². The van der Waals surface area contributed by atoms with Crippen LogP contribution >= 0.6 is 34.8 Å². The van der Waals surface area contributed by atoms with Gasteiger partial charge in [-0.2, -0.15) is 0 Å². The lowest BCUT2D eigenvalue weighted by atomic mass is 9.97. The third-order valence-electron chi connectivity index (χ3n) is 27.4. The predicted octanol–water partition coefficient (Wildman–Crippen LogP) is 18.5. The van der Waals surface area contributed by atoms with E-state index >= 15 is 0 Å². The maximum Gasteiger partial charge on any atom is 0.254 e. The van der Waals surface area contributed by atoms with Crippen LogP contribution in [0.3, 0.4) is 0 Å². The molecule has 27 nitrogen and oxygen atoms in total. The molecule has 0 saturated carbocycles. The lowest BCUT2D eigenvalue weighted by Crippen LogP contribution is -2.45. The number of carbonyl (C=O) groups is 10. The van der Waals surface area contributed by atoms with Gasteiger partial charge in [-0.1, -0.05) is 187 Å². The van der Waals surface area contributed by atoms with Gasteiger partial charge in [-0.25, -0.2) is 0 Å². The molecular weight excluding hydrogens is 1940 g/mol. The lowest BCUT2D eigenvalue weighted by molar-refractivity contribution is -0.120. The van der Waals surface area contributed by atoms with Crippen LogP contribution in [0.1, 0.15) is 119 Å². The van der Waals surface area contributed by atoms with Crippen molar-refractivity contribution in [1.82, 2.24) is 46.5 Å². The van der Waals surface area contributed by atoms with Crippen molar-refractivity contribution in [3.05, 3.63) is 402 Å². The Morgan fingerprint density at radius 3 is 0.859 bits per heavy atom. The molecule has 0 fully saturated rings. The Hall–Kier alpha value is -17.1. The maximum atomic E-state index is 13.1. The number of nitrogens with one attached hydrogen (secondary N) is 5. The number of aliphatic imine (C=N–C) groups is 1. The van der Waals surface area contributed by atoms with Crippen LogP contribution in [0.2, 0.25) is 15.1 Å². The highest BCUT2D eigenvalue weighted by Crippen LogP contribution is 2.39. The molecule has 10 amide bonds. The molecule has 14 aromatic rings. The fraction of sp³-hybridized carbons (Fsp3) is 0.185. The van der Waals surface area contributed by atoms with E-state index in [0.29, 0.717) is 115 Å². The lowest BCUT2D eigenvalue weighted by Gasteiger charge is -2.21. The van der Waals surface area contributed by atoms with E-state index in [1.807, 2.05) is 166 Å². The zero-order valence-corrected chi connectivity index (χ0v) is 85.3. The summed E-state index contributed by atoms with van der Waals surface area (Å²) in [6.07, 6.45) is 23.5. The molecule has 5 atom stereocenters. The van der Waals surface area contributed by atoms with Crippen LogP contribution in [0, 0.1) is 13.8 Å². The van der Waals surface area contributed by atoms with Gasteiger partial charge in [0, 0.05) is 149 Å². The van der Waals surface area contributed by atoms with Crippen molar-refractivity contribution >= 4 is 146 Å². The smallest absolute Gasteiger partial charge is 0.254 e. The van der Waals surface area contributed by atoms with Gasteiger partial charge in [0.1, 0.15) is 41.7 Å². The Morgan fingerprint density at radius 2 is 0.577 bits per heavy atom. The number of allylic oxidation sites excluding steroid dienone is 3. The summed E-state index contributed by atoms with van der Waals surface area (Å²) < 4.78 is 10.5. The molecule has 0 spiro atoms. The fourth-order valence-corrected chi connectivity index (χ4v) is 19.8. The summed E-state index contributed by atoms with van der Waals surface area (Å²) in [4.78, 5) is 158. The van der Waals surface area contributed by atoms with Crippen LogP contribution in [0.25, 0.3) is 62.2 Å². The molecule has 8 aliphatic rings. The third-order valence-corrected chi connectivity index (χ3v) is 28.1. The molecular formula is C119H104Cl3N15O12. The van der Waals surface area contributed by atoms with Crippen molar-refractivity contribution < 1.29 is 57.4 Å². The first-order valence-corrected chi connectivity index (χ1v) is 49.6. The SMILES string of the molecule is CN1C(=O)C(Cc2ccc(-c3ccnc4c3C=CC4)cc2)NC(=O)c2cc(Cl)ccc21.CN1C(=O)C(Cc2ccc(C3=CCN=C3)cc2)NC(=O)c2cc(Cl)ccc21.COc1ccc2c(c1)C(=O)NC(Cc1ccc(-c3ccnc(C)c3)cc1)C(=O)N2C.COc1ccc2c(c1)C(=O)NC(Cc1ccc(-c3ccnc4c3C=CC4)cc1)C(=O)N2C.Cc1cc(-c2ccc(CC3NC(=O)c4cc(Cl)ccc4N(C)C3=O)cc2)ccn1. The van der Waals surface area contributed by atoms with E-state index in [4.69, 9.17) is 44.3 Å². The van der Waals surface area contributed by atoms with Gasteiger partial charge in [0.2, 0.25) is 29.5 Å². The summed E-state index contributed by atoms with van der Waals surface area (Å²) in [6.45, 7) is 4.64. The van der Waals surface area contributed by atoms with E-state index in [9.17, 15) is 47.9 Å². The van der Waals surface area contributed by atoms with E-state index in [-0.39, 0.29) is 59.1 Å². The number of anilines is 5. The van der Waals surface area contributed by atoms with Crippen LogP contribution in [0.5, 0.6) is 11.5 Å². The second kappa shape index (κ2) is 44.8. The number of hydrogen-bond donors (Lipinski definition) is 5. The van der Waals surface area contributed by atoms with E-state index < -0.39 is 30.2 Å². The first-order valence-electron chi connectivity index (χ1n) is 48.4. The minimum atomic E-state index is -0.650. The zero-order chi connectivity index (χ0) is 105. The Morgan fingerprint density at radius 1 is 0.302 bits per heavy atom. The van der Waals surface area contributed by atoms with Crippen molar-refractivity contribution in [2.45, 2.75) is 89.0 Å². The number of benzene rings is 10. The largest absolute Gasteiger partial charge is 0.497 e. The normalized spacial score (nSPS) is 17.0. The van der Waals surface area contributed by atoms with Crippen LogP contribution in [-0.2, 0) is 68.9 Å². The fourth-order valence-electron chi connectivity index (χ4n) is 19.3. The highest BCUT2D eigenvalue weighted by Gasteiger charge is 2.39. The minimum absolute atomic E-state index is 0.150. The standard InChI is InChI=1S/C26H23N3O3.C25H20ClN3O2.C24H23N3O3.C23H20ClN3O2.C21H18ClN3O2/c1-29-24-11-10-18(32-2)15-21(24)25(30)28-23(26(29)31)14-16-6-8-17(9-7-16)19-12-13-27-22-5-3-4-20(19)22;1-29-23-10-9-17(26)14-20(23)24(30)28-22(25(29)31)13-15-5-7-16(8-6-15)18-11-12-27-21-4-2-3-19(18)21;1-15-12-18(10-11-25-15)17-6-4-16(5-7-17)13-21-24(29)27(2)22-9-8-19(30-3)14-20(22)23(28)26-21;1-14-11-17(9-10-25-14)16-5-3-15(4-6-16)12-20-23(29)27(2)21-8-7-18(24)13-19(21)22(28)26-20;1-25-19-7-6-16(22)11-17(19)20(26)24-18(21(25)27)10-13-2-4-14(5-3-13)15-8-9-23-12-15/h3-4,6-13,15,23H,5,14H2,1-2H3,(H,28,30);2-3,5-12,14,22H,4,13H2,1H3,(H,28,30);4-12,14,21H,13H2,1-3H3,(H,26,28);3-11,13,20H,12H2,1-2H3,(H,26,28);2-8,11-12,18H,9-10H2,1H3,(H,24,26). The molecule has 5 N–H and O–H groups in total. The van der Waals surface area contributed by atoms with Crippen molar-refractivity contribution in [2.24, 2.45) is 4.99 Å². The number of likely N-dealkylation sites (N-methyl/N-ethyl adjacent to an activating group) is 5. The maximum absolute atomic E-state index is 13.1. The van der Waals surface area contributed by atoms with Gasteiger partial charge in [-0.05, 0) is 225 Å². The highest BCUT2D eigenvalue weighted by molar-refractivity contribution is 6.32. The monoisotopic (exact) mass is 2040 g/mol. The molecule has 0 bridgehead atoms. The second-order valence-electron chi connectivity index (χ2n) is 37.0. The van der Waals surface area contributed by atoms with E-state index in [0.717, 1.165) is 126 Å². The average Bonchev–Trinajstić information content (AvgIpc) is 1.66. The number of aromatic nitrogens is 4. The quantitative estimate of drug-likeness (QED) is 0.0565. The summed E-state index contributed by atoms with van der Waals surface area (Å²) in [6, 6.07) is 74.3. The number of pyridine rings is 4. The van der Waals surface area contributed by atoms with Crippen molar-refractivity contribution in [3.63, 3.8) is 0 Å². The molecule has 748 valence electrons. The predicted molar refractivity (Wildman–Crippen MR) is 584 cm³/mol. The Kier molecular flexibility index (Phi) is 30.7. The molecule has 0 saturated heterocycles. The van der Waals surface area contributed by atoms with Gasteiger partial charge in [0.25, 0.3) is 29.5 Å². The molecule has 5 unspecified atom stereocenters. The molecule has 2 aliphatic carbocycles. The average molecular weight is 2040 g/mol. The molecule has 22 rings (SSSR count). The number of ether oxygens (including phenoxy) is 2. The van der Waals surface area contributed by atoms with Crippen LogP contribution in [0.4, 0.5) is 28.4 Å². The van der Waals surface area contributed by atoms with Gasteiger partial charge in [0.05, 0.1) is 88.4 Å². The van der Waals surface area contributed by atoms with E-state index in [2.05, 4.69) is 106 Å². The molecule has 6 aliphatic heterocycles. The molecule has 10 aromatic carbocycles. The summed E-state index contributed by atoms with van der Waals surface area (Å²) in [5.74, 6) is -1.07. The third kappa shape index (κ3) is 22.8. The van der Waals surface area contributed by atoms with Crippen LogP contribution in [-0.4, -0.2) is 171 Å². The van der Waals surface area contributed by atoms with E-state index in [1.54, 1.807) is 153 Å². The number of halogens is 3. The van der Waals surface area contributed by atoms with Gasteiger partial charge in [-0.3, -0.25) is 72.9 Å². The van der Waals surface area contributed by atoms with Crippen molar-refractivity contribution in [2.75, 3.05) is 80.5 Å². The number of amides is 10. The summed E-state index contributed by atoms with van der Waals surface area (Å²) in [5, 5.41) is 15.7. The van der Waals surface area contributed by atoms with Crippen LogP contribution in [0.15, 0.2) is 297 Å². The number of fused-ring (bicyclic) bond motifs is 7. The minimum Gasteiger partial charge on any atom is -0.497 e. The molecule has 149 heavy (non-hydrogen) atoms. The van der Waals surface area contributed by atoms with Crippen molar-refractivity contribution in [1.29, 1.82) is 0 Å². The molecule has 4 aromatic heterocycles. The Balaban J connectivity index is 0.000000122. The number of methoxy groups -OCH3 is 2. The van der Waals surface area contributed by atoms with Gasteiger partial charge in [0.15, 0.2) is 0 Å². The van der Waals surface area contributed by atoms with Gasteiger partial charge < -0.3 is 60.6 Å². The molecule has 0 radical (unpaired) electrons. The number of aryl methyl sites for hydroxylation is 2. The second-order valence-corrected chi connectivity index (χ2v) is 38.4. The van der Waals surface area contributed by atoms with Crippen molar-refractivity contribution in [3.8, 4) is 56.0 Å². The van der Waals surface area contributed by atoms with Gasteiger partial charge in [-0.15, -0.1) is 0 Å². The summed E-state index contributed by atoms with van der Waals surface area (Å²) >= 11 is 18.1. The summed E-state index contributed by atoms with van der Waals surface area (Å²) in [7, 11) is 11.5. The highest BCUT2D eigenvalue weighted by atomic mass is 35.5. The number of nitrogens with zero attached hydrogens (tertiary/aromatic N) is 10. The number of rotatable bonds is 17. The number of hydrogen-bond acceptors (Lipinski definition) is 17. The Bertz CT molecular complexity index is 7770. The molecule has 10 heterocycles. The molecule has 30 heteroatoms. The van der Waals surface area contributed by atoms with Gasteiger partial charge >= 0.3 is 0 Å². The first-order chi connectivity index (χ1) is 72.0.